The van der Waals surface area contributed by atoms with Gasteiger partial charge in [0.25, 0.3) is 5.91 Å². The summed E-state index contributed by atoms with van der Waals surface area (Å²) >= 11 is 0. The van der Waals surface area contributed by atoms with Crippen LogP contribution in [0, 0.1) is 11.6 Å². The van der Waals surface area contributed by atoms with E-state index in [9.17, 15) is 23.2 Å². The van der Waals surface area contributed by atoms with Gasteiger partial charge in [0, 0.05) is 12.6 Å². The van der Waals surface area contributed by atoms with Crippen molar-refractivity contribution in [3.8, 4) is 0 Å². The molecule has 1 fully saturated rings. The van der Waals surface area contributed by atoms with E-state index in [0.717, 1.165) is 28.4 Å². The Kier molecular flexibility index (Phi) is 4.86. The van der Waals surface area contributed by atoms with Crippen molar-refractivity contribution in [2.75, 3.05) is 13.1 Å². The van der Waals surface area contributed by atoms with Crippen LogP contribution in [-0.4, -0.2) is 45.9 Å². The molecule has 1 aromatic carbocycles. The predicted molar refractivity (Wildman–Crippen MR) is 80.1 cm³/mol. The number of carbonyl (C=O) groups is 3. The zero-order valence-corrected chi connectivity index (χ0v) is 13.4. The van der Waals surface area contributed by atoms with Crippen LogP contribution >= 0.6 is 0 Å². The highest BCUT2D eigenvalue weighted by Crippen LogP contribution is 2.37. The highest BCUT2D eigenvalue weighted by molar-refractivity contribution is 6.08. The van der Waals surface area contributed by atoms with Crippen LogP contribution in [0.5, 0.6) is 0 Å². The molecule has 2 rings (SSSR count). The molecule has 3 amide bonds. The Bertz CT molecular complexity index is 674. The van der Waals surface area contributed by atoms with Crippen molar-refractivity contribution in [1.82, 2.24) is 9.80 Å². The van der Waals surface area contributed by atoms with E-state index in [0.29, 0.717) is 12.5 Å². The van der Waals surface area contributed by atoms with Gasteiger partial charge in [-0.15, -0.1) is 0 Å². The number of nitrogens with zero attached hydrogens (tertiary/aromatic N) is 2. The summed E-state index contributed by atoms with van der Waals surface area (Å²) in [6, 6.07) is 1.74. The highest BCUT2D eigenvalue weighted by atomic mass is 19.1. The van der Waals surface area contributed by atoms with Crippen LogP contribution in [0.2, 0.25) is 0 Å². The molecule has 8 heteroatoms. The fourth-order valence-corrected chi connectivity index (χ4v) is 2.79. The summed E-state index contributed by atoms with van der Waals surface area (Å²) in [5.74, 6) is -3.83. The van der Waals surface area contributed by atoms with E-state index in [4.69, 9.17) is 5.11 Å². The van der Waals surface area contributed by atoms with E-state index >= 15 is 0 Å². The first-order chi connectivity index (χ1) is 11.2. The fourth-order valence-electron chi connectivity index (χ4n) is 2.79. The Labute approximate surface area is 137 Å². The van der Waals surface area contributed by atoms with Gasteiger partial charge < -0.3 is 5.11 Å². The number of hydrogen-bond acceptors (Lipinski definition) is 3. The van der Waals surface area contributed by atoms with E-state index in [1.165, 1.54) is 6.92 Å². The molecule has 130 valence electrons. The second kappa shape index (κ2) is 6.54. The molecular formula is C16H18F2N2O4. The van der Waals surface area contributed by atoms with Gasteiger partial charge >= 0.3 is 12.0 Å². The Morgan fingerprint density at radius 3 is 2.29 bits per heavy atom. The molecule has 0 aromatic heterocycles. The molecule has 1 aliphatic rings. The summed E-state index contributed by atoms with van der Waals surface area (Å²) in [6.45, 7) is 2.55. The molecule has 1 N–H and O–H groups in total. The quantitative estimate of drug-likeness (QED) is 0.806. The third-order valence-corrected chi connectivity index (χ3v) is 4.12. The molecule has 0 saturated carbocycles. The number of carboxylic acid groups (broad SMARTS) is 1. The summed E-state index contributed by atoms with van der Waals surface area (Å²) in [5, 5.41) is 9.06. The zero-order chi connectivity index (χ0) is 18.1. The maximum absolute atomic E-state index is 13.6. The van der Waals surface area contributed by atoms with Crippen molar-refractivity contribution in [3.63, 3.8) is 0 Å². The predicted octanol–water partition coefficient (Wildman–Crippen LogP) is 2.33. The number of amides is 3. The van der Waals surface area contributed by atoms with Crippen LogP contribution in [0.25, 0.3) is 0 Å². The summed E-state index contributed by atoms with van der Waals surface area (Å²) in [6.07, 6.45) is 1.27. The van der Waals surface area contributed by atoms with Gasteiger partial charge in [-0.2, -0.15) is 0 Å². The van der Waals surface area contributed by atoms with E-state index in [-0.39, 0.29) is 12.1 Å². The molecule has 0 radical (unpaired) electrons. The minimum absolute atomic E-state index is 0.0985. The van der Waals surface area contributed by atoms with Crippen molar-refractivity contribution >= 4 is 17.9 Å². The molecule has 0 unspecified atom stereocenters. The van der Waals surface area contributed by atoms with Crippen molar-refractivity contribution in [1.29, 1.82) is 0 Å². The molecule has 0 bridgehead atoms. The minimum Gasteiger partial charge on any atom is -0.480 e. The standard InChI is InChI=1S/C16H18F2N2O4/c1-3-4-5-19-14(23)16(2,20(15(19)24)9-13(21)22)10-6-11(17)8-12(18)7-10/h6-8H,3-5,9H2,1-2H3,(H,21,22)/t16-/m1/s1. The van der Waals surface area contributed by atoms with Gasteiger partial charge in [-0.05, 0) is 31.0 Å². The molecule has 24 heavy (non-hydrogen) atoms. The normalized spacial score (nSPS) is 20.8. The lowest BCUT2D eigenvalue weighted by atomic mass is 9.90. The van der Waals surface area contributed by atoms with Crippen LogP contribution in [-0.2, 0) is 15.1 Å². The maximum Gasteiger partial charge on any atom is 0.328 e. The molecule has 1 saturated heterocycles. The first kappa shape index (κ1) is 17.8. The summed E-state index contributed by atoms with van der Waals surface area (Å²) in [7, 11) is 0. The minimum atomic E-state index is -1.77. The van der Waals surface area contributed by atoms with Crippen LogP contribution in [0.1, 0.15) is 32.3 Å². The van der Waals surface area contributed by atoms with Crippen LogP contribution in [0.3, 0.4) is 0 Å². The molecule has 1 atom stereocenters. The number of halogens is 2. The number of benzene rings is 1. The zero-order valence-electron chi connectivity index (χ0n) is 13.4. The van der Waals surface area contributed by atoms with Gasteiger partial charge in [0.2, 0.25) is 0 Å². The number of rotatable bonds is 6. The molecule has 0 aliphatic carbocycles. The van der Waals surface area contributed by atoms with Gasteiger partial charge in [0.05, 0.1) is 0 Å². The highest BCUT2D eigenvalue weighted by Gasteiger charge is 2.55. The number of aliphatic carboxylic acids is 1. The Morgan fingerprint density at radius 1 is 1.21 bits per heavy atom. The van der Waals surface area contributed by atoms with Crippen molar-refractivity contribution in [2.24, 2.45) is 0 Å². The van der Waals surface area contributed by atoms with Crippen LogP contribution < -0.4 is 0 Å². The Morgan fingerprint density at radius 2 is 1.79 bits per heavy atom. The maximum atomic E-state index is 13.6. The number of urea groups is 1. The molecule has 1 aliphatic heterocycles. The van der Waals surface area contributed by atoms with Crippen molar-refractivity contribution in [3.05, 3.63) is 35.4 Å². The topological polar surface area (TPSA) is 77.9 Å². The Balaban J connectivity index is 2.54. The molecule has 1 aromatic rings. The third kappa shape index (κ3) is 2.95. The first-order valence-electron chi connectivity index (χ1n) is 7.53. The summed E-state index contributed by atoms with van der Waals surface area (Å²) < 4.78 is 27.2. The lowest BCUT2D eigenvalue weighted by molar-refractivity contribution is -0.139. The number of unbranched alkanes of at least 4 members (excludes halogenated alkanes) is 1. The lowest BCUT2D eigenvalue weighted by Gasteiger charge is -2.31. The summed E-state index contributed by atoms with van der Waals surface area (Å²) in [5.41, 5.74) is -1.87. The van der Waals surface area contributed by atoms with Crippen LogP contribution in [0.15, 0.2) is 18.2 Å². The van der Waals surface area contributed by atoms with Gasteiger partial charge in [-0.3, -0.25) is 19.4 Å². The van der Waals surface area contributed by atoms with E-state index < -0.39 is 41.6 Å². The second-order valence-corrected chi connectivity index (χ2v) is 5.80. The van der Waals surface area contributed by atoms with E-state index in [1.807, 2.05) is 6.92 Å². The molecule has 1 heterocycles. The third-order valence-electron chi connectivity index (χ3n) is 4.12. The van der Waals surface area contributed by atoms with Gasteiger partial charge in [0.15, 0.2) is 0 Å². The molecule has 0 spiro atoms. The van der Waals surface area contributed by atoms with E-state index in [1.54, 1.807) is 0 Å². The average Bonchev–Trinajstić information content (AvgIpc) is 2.66. The average molecular weight is 340 g/mol. The van der Waals surface area contributed by atoms with Crippen molar-refractivity contribution in [2.45, 2.75) is 32.2 Å². The van der Waals surface area contributed by atoms with Gasteiger partial charge in [0.1, 0.15) is 23.7 Å². The number of carbonyl (C=O) groups excluding carboxylic acids is 2. The number of carboxylic acids is 1. The van der Waals surface area contributed by atoms with E-state index in [2.05, 4.69) is 0 Å². The fraction of sp³-hybridized carbons (Fsp3) is 0.438. The smallest absolute Gasteiger partial charge is 0.328 e. The molecule has 6 nitrogen and oxygen atoms in total. The largest absolute Gasteiger partial charge is 0.480 e. The Hall–Kier alpha value is -2.51. The number of hydrogen-bond donors (Lipinski definition) is 1. The van der Waals surface area contributed by atoms with Gasteiger partial charge in [-0.25, -0.2) is 13.6 Å². The SMILES string of the molecule is CCCCN1C(=O)N(CC(=O)O)[C@](C)(c2cc(F)cc(F)c2)C1=O. The van der Waals surface area contributed by atoms with Crippen LogP contribution in [0.4, 0.5) is 13.6 Å². The first-order valence-corrected chi connectivity index (χ1v) is 7.53. The molecular weight excluding hydrogens is 322 g/mol. The van der Waals surface area contributed by atoms with Crippen molar-refractivity contribution < 1.29 is 28.3 Å². The van der Waals surface area contributed by atoms with Gasteiger partial charge in [-0.1, -0.05) is 13.3 Å². The number of imide groups is 1. The summed E-state index contributed by atoms with van der Waals surface area (Å²) in [4.78, 5) is 38.2. The second-order valence-electron chi connectivity index (χ2n) is 5.80. The monoisotopic (exact) mass is 340 g/mol. The lowest BCUT2D eigenvalue weighted by Crippen LogP contribution is -2.46.